The highest BCUT2D eigenvalue weighted by molar-refractivity contribution is 7.99. The molecule has 0 unspecified atom stereocenters. The summed E-state index contributed by atoms with van der Waals surface area (Å²) in [4.78, 5) is 16.3. The second kappa shape index (κ2) is 7.66. The Morgan fingerprint density at radius 2 is 2.35 bits per heavy atom. The molecule has 1 aliphatic heterocycles. The molecule has 1 saturated heterocycles. The molecule has 5 nitrogen and oxygen atoms in total. The number of imidazole rings is 1. The van der Waals surface area contributed by atoms with Gasteiger partial charge in [0.1, 0.15) is 0 Å². The van der Waals surface area contributed by atoms with E-state index in [4.69, 9.17) is 4.74 Å². The van der Waals surface area contributed by atoms with E-state index >= 15 is 0 Å². The predicted molar refractivity (Wildman–Crippen MR) is 91.0 cm³/mol. The zero-order valence-electron chi connectivity index (χ0n) is 13.2. The van der Waals surface area contributed by atoms with Gasteiger partial charge in [0.2, 0.25) is 5.91 Å². The van der Waals surface area contributed by atoms with E-state index in [1.807, 2.05) is 22.9 Å². The van der Waals surface area contributed by atoms with Crippen LogP contribution in [0.3, 0.4) is 0 Å². The van der Waals surface area contributed by atoms with E-state index in [0.717, 1.165) is 30.3 Å². The van der Waals surface area contributed by atoms with Gasteiger partial charge in [-0.05, 0) is 31.4 Å². The van der Waals surface area contributed by atoms with Crippen LogP contribution in [0.25, 0.3) is 5.69 Å². The van der Waals surface area contributed by atoms with Crippen molar-refractivity contribution < 1.29 is 9.53 Å². The molecule has 3 rings (SSSR count). The topological polar surface area (TPSA) is 56.2 Å². The molecule has 0 radical (unpaired) electrons. The lowest BCUT2D eigenvalue weighted by atomic mass is 10.2. The van der Waals surface area contributed by atoms with Gasteiger partial charge >= 0.3 is 0 Å². The Balaban J connectivity index is 1.55. The maximum atomic E-state index is 12.0. The van der Waals surface area contributed by atoms with Crippen LogP contribution in [-0.2, 0) is 9.53 Å². The first-order chi connectivity index (χ1) is 11.2. The lowest BCUT2D eigenvalue weighted by Crippen LogP contribution is -2.32. The minimum atomic E-state index is 0.0184. The van der Waals surface area contributed by atoms with Gasteiger partial charge in [-0.3, -0.25) is 9.36 Å². The van der Waals surface area contributed by atoms with E-state index in [1.165, 1.54) is 17.3 Å². The predicted octanol–water partition coefficient (Wildman–Crippen LogP) is 2.57. The molecule has 1 aliphatic rings. The van der Waals surface area contributed by atoms with E-state index in [9.17, 15) is 4.79 Å². The van der Waals surface area contributed by atoms with Gasteiger partial charge in [-0.15, -0.1) is 0 Å². The van der Waals surface area contributed by atoms with Crippen LogP contribution in [0.15, 0.2) is 41.8 Å². The number of benzene rings is 1. The van der Waals surface area contributed by atoms with Gasteiger partial charge in [-0.25, -0.2) is 4.98 Å². The molecule has 1 atom stereocenters. The third kappa shape index (κ3) is 4.14. The molecule has 2 aromatic rings. The van der Waals surface area contributed by atoms with Gasteiger partial charge in [0.15, 0.2) is 5.16 Å². The van der Waals surface area contributed by atoms with E-state index in [2.05, 4.69) is 29.4 Å². The Bertz CT molecular complexity index is 665. The summed E-state index contributed by atoms with van der Waals surface area (Å²) in [6.07, 6.45) is 5.99. The van der Waals surface area contributed by atoms with Crippen LogP contribution in [0.5, 0.6) is 0 Å². The Hall–Kier alpha value is -1.79. The summed E-state index contributed by atoms with van der Waals surface area (Å²) in [5.74, 6) is 0.375. The van der Waals surface area contributed by atoms with Crippen LogP contribution in [0.2, 0.25) is 0 Å². The Morgan fingerprint density at radius 3 is 3.13 bits per heavy atom. The van der Waals surface area contributed by atoms with Crippen molar-refractivity contribution >= 4 is 17.7 Å². The first-order valence-electron chi connectivity index (χ1n) is 7.84. The molecular weight excluding hydrogens is 310 g/mol. The molecule has 0 saturated carbocycles. The van der Waals surface area contributed by atoms with Crippen molar-refractivity contribution in [2.45, 2.75) is 31.0 Å². The number of aromatic nitrogens is 2. The molecule has 0 aliphatic carbocycles. The quantitative estimate of drug-likeness (QED) is 0.827. The molecule has 1 N–H and O–H groups in total. The zero-order chi connectivity index (χ0) is 16.1. The monoisotopic (exact) mass is 331 g/mol. The van der Waals surface area contributed by atoms with Gasteiger partial charge in [-0.2, -0.15) is 0 Å². The first-order valence-corrected chi connectivity index (χ1v) is 8.83. The summed E-state index contributed by atoms with van der Waals surface area (Å²) in [5, 5.41) is 3.76. The lowest BCUT2D eigenvalue weighted by Gasteiger charge is -2.12. The summed E-state index contributed by atoms with van der Waals surface area (Å²) in [5.41, 5.74) is 2.27. The maximum Gasteiger partial charge on any atom is 0.230 e. The molecule has 0 bridgehead atoms. The van der Waals surface area contributed by atoms with Crippen LogP contribution in [-0.4, -0.2) is 40.5 Å². The molecule has 0 spiro atoms. The molecule has 1 aromatic heterocycles. The fourth-order valence-electron chi connectivity index (χ4n) is 2.63. The Kier molecular flexibility index (Phi) is 5.35. The van der Waals surface area contributed by atoms with Crippen molar-refractivity contribution in [2.75, 3.05) is 18.9 Å². The zero-order valence-corrected chi connectivity index (χ0v) is 14.0. The minimum Gasteiger partial charge on any atom is -0.376 e. The second-order valence-electron chi connectivity index (χ2n) is 5.59. The van der Waals surface area contributed by atoms with Crippen LogP contribution in [0, 0.1) is 6.92 Å². The van der Waals surface area contributed by atoms with E-state index < -0.39 is 0 Å². The number of hydrogen-bond donors (Lipinski definition) is 1. The Labute approximate surface area is 140 Å². The van der Waals surface area contributed by atoms with Crippen molar-refractivity contribution in [1.82, 2.24) is 14.9 Å². The number of ether oxygens (including phenoxy) is 1. The minimum absolute atomic E-state index is 0.0184. The number of nitrogens with zero attached hydrogens (tertiary/aromatic N) is 2. The molecule has 23 heavy (non-hydrogen) atoms. The first kappa shape index (κ1) is 16.1. The lowest BCUT2D eigenvalue weighted by molar-refractivity contribution is -0.119. The number of amides is 1. The highest BCUT2D eigenvalue weighted by Gasteiger charge is 2.16. The third-order valence-electron chi connectivity index (χ3n) is 3.87. The number of para-hydroxylation sites is 1. The van der Waals surface area contributed by atoms with Crippen LogP contribution < -0.4 is 5.32 Å². The van der Waals surface area contributed by atoms with Crippen LogP contribution in [0.4, 0.5) is 0 Å². The SMILES string of the molecule is Cc1ccccc1-n1ccnc1SCC(=O)NC[C@H]1CCCO1. The maximum absolute atomic E-state index is 12.0. The number of aryl methyl sites for hydroxylation is 1. The number of thioether (sulfide) groups is 1. The number of carbonyl (C=O) groups excluding carboxylic acids is 1. The summed E-state index contributed by atoms with van der Waals surface area (Å²) in [7, 11) is 0. The summed E-state index contributed by atoms with van der Waals surface area (Å²) < 4.78 is 7.53. The summed E-state index contributed by atoms with van der Waals surface area (Å²) in [6.45, 7) is 3.48. The standard InChI is InChI=1S/C17H21N3O2S/c1-13-5-2-3-7-15(13)20-9-8-18-17(20)23-12-16(21)19-11-14-6-4-10-22-14/h2-3,5,7-9,14H,4,6,10-12H2,1H3,(H,19,21)/t14-/m1/s1. The van der Waals surface area contributed by atoms with Crippen molar-refractivity contribution in [3.05, 3.63) is 42.2 Å². The smallest absolute Gasteiger partial charge is 0.230 e. The fourth-order valence-corrected chi connectivity index (χ4v) is 3.42. The number of nitrogens with one attached hydrogen (secondary N) is 1. The number of hydrogen-bond acceptors (Lipinski definition) is 4. The highest BCUT2D eigenvalue weighted by atomic mass is 32.2. The van der Waals surface area contributed by atoms with Gasteiger partial charge in [0, 0.05) is 25.5 Å². The fraction of sp³-hybridized carbons (Fsp3) is 0.412. The van der Waals surface area contributed by atoms with Crippen molar-refractivity contribution in [2.24, 2.45) is 0 Å². The molecule has 2 heterocycles. The Morgan fingerprint density at radius 1 is 1.48 bits per heavy atom. The van der Waals surface area contributed by atoms with E-state index in [-0.39, 0.29) is 12.0 Å². The largest absolute Gasteiger partial charge is 0.376 e. The van der Waals surface area contributed by atoms with E-state index in [1.54, 1.807) is 6.20 Å². The second-order valence-corrected chi connectivity index (χ2v) is 6.54. The molecular formula is C17H21N3O2S. The van der Waals surface area contributed by atoms with Crippen molar-refractivity contribution in [3.8, 4) is 5.69 Å². The average molecular weight is 331 g/mol. The number of rotatable bonds is 6. The van der Waals surface area contributed by atoms with E-state index in [0.29, 0.717) is 12.3 Å². The van der Waals surface area contributed by atoms with Gasteiger partial charge in [0.25, 0.3) is 0 Å². The number of carbonyl (C=O) groups is 1. The normalized spacial score (nSPS) is 17.3. The van der Waals surface area contributed by atoms with Crippen LogP contribution >= 0.6 is 11.8 Å². The van der Waals surface area contributed by atoms with Gasteiger partial charge in [0.05, 0.1) is 17.5 Å². The average Bonchev–Trinajstić information content (AvgIpc) is 3.23. The molecule has 6 heteroatoms. The van der Waals surface area contributed by atoms with Crippen LogP contribution in [0.1, 0.15) is 18.4 Å². The molecule has 1 amide bonds. The van der Waals surface area contributed by atoms with Crippen molar-refractivity contribution in [1.29, 1.82) is 0 Å². The van der Waals surface area contributed by atoms with Gasteiger partial charge in [-0.1, -0.05) is 30.0 Å². The molecule has 1 aromatic carbocycles. The summed E-state index contributed by atoms with van der Waals surface area (Å²) >= 11 is 1.45. The summed E-state index contributed by atoms with van der Waals surface area (Å²) in [6, 6.07) is 8.14. The third-order valence-corrected chi connectivity index (χ3v) is 4.83. The molecule has 1 fully saturated rings. The molecule has 122 valence electrons. The highest BCUT2D eigenvalue weighted by Crippen LogP contribution is 2.22. The van der Waals surface area contributed by atoms with Gasteiger partial charge < -0.3 is 10.1 Å². The van der Waals surface area contributed by atoms with Crippen molar-refractivity contribution in [3.63, 3.8) is 0 Å².